The normalized spacial score (nSPS) is 20.5. The predicted molar refractivity (Wildman–Crippen MR) is 63.3 cm³/mol. The Morgan fingerprint density at radius 3 is 3.20 bits per heavy atom. The van der Waals surface area contributed by atoms with Crippen LogP contribution in [0.4, 0.5) is 0 Å². The molecule has 0 bridgehead atoms. The first-order valence-electron chi connectivity index (χ1n) is 5.33. The summed E-state index contributed by atoms with van der Waals surface area (Å²) in [6.45, 7) is 2.66. The Morgan fingerprint density at radius 2 is 2.40 bits per heavy atom. The van der Waals surface area contributed by atoms with Gasteiger partial charge in [-0.2, -0.15) is 11.8 Å². The van der Waals surface area contributed by atoms with Gasteiger partial charge in [0.2, 0.25) is 0 Å². The third-order valence-electron chi connectivity index (χ3n) is 2.61. The van der Waals surface area contributed by atoms with Crippen molar-refractivity contribution in [3.05, 3.63) is 29.3 Å². The lowest BCUT2D eigenvalue weighted by Crippen LogP contribution is -2.02. The van der Waals surface area contributed by atoms with E-state index in [2.05, 4.69) is 0 Å². The van der Waals surface area contributed by atoms with E-state index in [1.165, 1.54) is 5.56 Å². The summed E-state index contributed by atoms with van der Waals surface area (Å²) in [7, 11) is 0. The van der Waals surface area contributed by atoms with Gasteiger partial charge < -0.3 is 9.84 Å². The Balaban J connectivity index is 2.39. The van der Waals surface area contributed by atoms with E-state index < -0.39 is 0 Å². The molecular formula is C12H16O2S. The molecule has 1 aliphatic heterocycles. The van der Waals surface area contributed by atoms with Gasteiger partial charge in [-0.1, -0.05) is 12.1 Å². The number of ether oxygens (including phenoxy) is 1. The second kappa shape index (κ2) is 4.90. The molecule has 0 unspecified atom stereocenters. The minimum atomic E-state index is -0.324. The number of rotatable bonds is 2. The number of benzene rings is 1. The van der Waals surface area contributed by atoms with Crippen molar-refractivity contribution in [3.8, 4) is 5.75 Å². The molecule has 0 aliphatic carbocycles. The SMILES string of the molecule is CCOc1cccc2c1CSCC[C@@H]2O. The highest BCUT2D eigenvalue weighted by Crippen LogP contribution is 2.35. The molecule has 0 saturated heterocycles. The van der Waals surface area contributed by atoms with E-state index in [0.717, 1.165) is 29.2 Å². The van der Waals surface area contributed by atoms with Gasteiger partial charge in [0.1, 0.15) is 5.75 Å². The zero-order valence-corrected chi connectivity index (χ0v) is 9.72. The summed E-state index contributed by atoms with van der Waals surface area (Å²) in [5.74, 6) is 2.90. The Morgan fingerprint density at radius 1 is 1.53 bits per heavy atom. The maximum absolute atomic E-state index is 9.97. The largest absolute Gasteiger partial charge is 0.494 e. The van der Waals surface area contributed by atoms with Crippen LogP contribution in [0.15, 0.2) is 18.2 Å². The highest BCUT2D eigenvalue weighted by molar-refractivity contribution is 7.98. The quantitative estimate of drug-likeness (QED) is 0.837. The van der Waals surface area contributed by atoms with E-state index in [4.69, 9.17) is 4.74 Å². The molecule has 0 saturated carbocycles. The molecule has 1 aliphatic rings. The molecule has 0 fully saturated rings. The third kappa shape index (κ3) is 2.29. The van der Waals surface area contributed by atoms with E-state index in [9.17, 15) is 5.11 Å². The van der Waals surface area contributed by atoms with Crippen LogP contribution in [0.1, 0.15) is 30.6 Å². The van der Waals surface area contributed by atoms with Gasteiger partial charge in [0.15, 0.2) is 0 Å². The fraction of sp³-hybridized carbons (Fsp3) is 0.500. The first kappa shape index (κ1) is 10.8. The molecule has 15 heavy (non-hydrogen) atoms. The molecule has 82 valence electrons. The van der Waals surface area contributed by atoms with Gasteiger partial charge in [-0.3, -0.25) is 0 Å². The van der Waals surface area contributed by atoms with Gasteiger partial charge in [-0.25, -0.2) is 0 Å². The van der Waals surface area contributed by atoms with Gasteiger partial charge in [-0.15, -0.1) is 0 Å². The van der Waals surface area contributed by atoms with Gasteiger partial charge >= 0.3 is 0 Å². The number of aliphatic hydroxyl groups is 1. The average Bonchev–Trinajstić information content (AvgIpc) is 2.43. The number of thioether (sulfide) groups is 1. The number of hydrogen-bond donors (Lipinski definition) is 1. The minimum Gasteiger partial charge on any atom is -0.494 e. The standard InChI is InChI=1S/C12H16O2S/c1-2-14-12-5-3-4-9-10(12)8-15-7-6-11(9)13/h3-5,11,13H,2,6-8H2,1H3/t11-/m0/s1. The minimum absolute atomic E-state index is 0.324. The zero-order valence-electron chi connectivity index (χ0n) is 8.90. The van der Waals surface area contributed by atoms with Crippen LogP contribution >= 0.6 is 11.8 Å². The fourth-order valence-corrected chi connectivity index (χ4v) is 2.91. The maximum Gasteiger partial charge on any atom is 0.123 e. The van der Waals surface area contributed by atoms with Crippen molar-refractivity contribution in [2.24, 2.45) is 0 Å². The molecule has 2 rings (SSSR count). The molecule has 0 amide bonds. The molecule has 1 aromatic carbocycles. The van der Waals surface area contributed by atoms with Crippen molar-refractivity contribution in [1.82, 2.24) is 0 Å². The highest BCUT2D eigenvalue weighted by Gasteiger charge is 2.19. The summed E-state index contributed by atoms with van der Waals surface area (Å²) in [4.78, 5) is 0. The van der Waals surface area contributed by atoms with Crippen molar-refractivity contribution in [2.75, 3.05) is 12.4 Å². The first-order chi connectivity index (χ1) is 7.33. The molecule has 3 heteroatoms. The molecule has 0 radical (unpaired) electrons. The lowest BCUT2D eigenvalue weighted by molar-refractivity contribution is 0.174. The summed E-state index contributed by atoms with van der Waals surface area (Å²) in [6, 6.07) is 5.96. The van der Waals surface area contributed by atoms with Crippen molar-refractivity contribution in [2.45, 2.75) is 25.2 Å². The van der Waals surface area contributed by atoms with Crippen molar-refractivity contribution < 1.29 is 9.84 Å². The monoisotopic (exact) mass is 224 g/mol. The van der Waals surface area contributed by atoms with Gasteiger partial charge in [-0.05, 0) is 30.7 Å². The Labute approximate surface area is 94.6 Å². The molecule has 1 atom stereocenters. The fourth-order valence-electron chi connectivity index (χ4n) is 1.86. The summed E-state index contributed by atoms with van der Waals surface area (Å²) in [6.07, 6.45) is 0.517. The van der Waals surface area contributed by atoms with Crippen molar-refractivity contribution in [1.29, 1.82) is 0 Å². The summed E-state index contributed by atoms with van der Waals surface area (Å²) in [5, 5.41) is 9.97. The highest BCUT2D eigenvalue weighted by atomic mass is 32.2. The molecule has 0 spiro atoms. The zero-order chi connectivity index (χ0) is 10.7. The van der Waals surface area contributed by atoms with Crippen LogP contribution in [0.5, 0.6) is 5.75 Å². The second-order valence-corrected chi connectivity index (χ2v) is 4.72. The van der Waals surface area contributed by atoms with E-state index in [-0.39, 0.29) is 6.10 Å². The number of aliphatic hydroxyl groups excluding tert-OH is 1. The van der Waals surface area contributed by atoms with Gasteiger partial charge in [0.05, 0.1) is 12.7 Å². The first-order valence-corrected chi connectivity index (χ1v) is 6.48. The summed E-state index contributed by atoms with van der Waals surface area (Å²) >= 11 is 1.86. The maximum atomic E-state index is 9.97. The van der Waals surface area contributed by atoms with E-state index >= 15 is 0 Å². The van der Waals surface area contributed by atoms with E-state index in [1.54, 1.807) is 0 Å². The Bertz CT molecular complexity index is 338. The lowest BCUT2D eigenvalue weighted by atomic mass is 10.0. The van der Waals surface area contributed by atoms with Crippen LogP contribution in [0.25, 0.3) is 0 Å². The van der Waals surface area contributed by atoms with Gasteiger partial charge in [0, 0.05) is 11.3 Å². The molecular weight excluding hydrogens is 208 g/mol. The topological polar surface area (TPSA) is 29.5 Å². The van der Waals surface area contributed by atoms with Crippen LogP contribution < -0.4 is 4.74 Å². The molecule has 1 N–H and O–H groups in total. The van der Waals surface area contributed by atoms with Crippen LogP contribution in [0, 0.1) is 0 Å². The molecule has 1 heterocycles. The smallest absolute Gasteiger partial charge is 0.123 e. The van der Waals surface area contributed by atoms with Crippen LogP contribution in [-0.2, 0) is 5.75 Å². The molecule has 2 nitrogen and oxygen atoms in total. The Kier molecular flexibility index (Phi) is 3.54. The Hall–Kier alpha value is -0.670. The van der Waals surface area contributed by atoms with Crippen molar-refractivity contribution in [3.63, 3.8) is 0 Å². The van der Waals surface area contributed by atoms with E-state index in [1.807, 2.05) is 36.9 Å². The van der Waals surface area contributed by atoms with Gasteiger partial charge in [0.25, 0.3) is 0 Å². The molecule has 0 aromatic heterocycles. The van der Waals surface area contributed by atoms with Crippen LogP contribution in [0.3, 0.4) is 0 Å². The van der Waals surface area contributed by atoms with Crippen LogP contribution in [0.2, 0.25) is 0 Å². The average molecular weight is 224 g/mol. The number of fused-ring (bicyclic) bond motifs is 1. The summed E-state index contributed by atoms with van der Waals surface area (Å²) < 4.78 is 5.58. The van der Waals surface area contributed by atoms with E-state index in [0.29, 0.717) is 6.61 Å². The molecule has 1 aromatic rings. The van der Waals surface area contributed by atoms with Crippen LogP contribution in [-0.4, -0.2) is 17.5 Å². The van der Waals surface area contributed by atoms with Crippen molar-refractivity contribution >= 4 is 11.8 Å². The summed E-state index contributed by atoms with van der Waals surface area (Å²) in [5.41, 5.74) is 2.22. The predicted octanol–water partition coefficient (Wildman–Crippen LogP) is 2.76. The third-order valence-corrected chi connectivity index (χ3v) is 3.63. The second-order valence-electron chi connectivity index (χ2n) is 3.61. The lowest BCUT2D eigenvalue weighted by Gasteiger charge is -2.14. The number of hydrogen-bond acceptors (Lipinski definition) is 3.